The first-order valence-electron chi connectivity index (χ1n) is 10.0. The van der Waals surface area contributed by atoms with E-state index in [1.807, 2.05) is 0 Å². The number of ether oxygens (including phenoxy) is 1. The van der Waals surface area contributed by atoms with Crippen LogP contribution in [-0.4, -0.2) is 57.7 Å². The number of benzene rings is 1. The summed E-state index contributed by atoms with van der Waals surface area (Å²) in [6.45, 7) is -1.17. The van der Waals surface area contributed by atoms with Gasteiger partial charge in [0.2, 0.25) is 0 Å². The summed E-state index contributed by atoms with van der Waals surface area (Å²) in [4.78, 5) is 28.4. The van der Waals surface area contributed by atoms with Crippen molar-refractivity contribution in [1.82, 2.24) is 9.63 Å². The van der Waals surface area contributed by atoms with Crippen LogP contribution in [-0.2, 0) is 16.1 Å². The molecule has 2 aromatic rings. The maximum absolute atomic E-state index is 13.0. The summed E-state index contributed by atoms with van der Waals surface area (Å²) in [7, 11) is 0. The fourth-order valence-corrected chi connectivity index (χ4v) is 3.31. The lowest BCUT2D eigenvalue weighted by Crippen LogP contribution is -2.38. The van der Waals surface area contributed by atoms with Gasteiger partial charge in [-0.2, -0.15) is 17.9 Å². The molecule has 0 spiro atoms. The second-order valence-corrected chi connectivity index (χ2v) is 7.36. The minimum atomic E-state index is -4.63. The van der Waals surface area contributed by atoms with Gasteiger partial charge in [0.15, 0.2) is 5.49 Å². The summed E-state index contributed by atoms with van der Waals surface area (Å²) in [5, 5.41) is 18.7. The standard InChI is InChI=1S/C22H22F3N3O5/c23-22(24,25)14-27-13-17-11-18(6-5-15(17)10-16(21(27)31)12-20(29)30)33-9-3-7-26-19-4-1-2-8-28(19)32/h1-2,4-6,8,10-11,32H,3,7,9,12-14H2,(H,29,30). The lowest BCUT2D eigenvalue weighted by molar-refractivity contribution is -0.160. The molecule has 0 bridgehead atoms. The zero-order chi connectivity index (χ0) is 24.0. The van der Waals surface area contributed by atoms with E-state index in [1.165, 1.54) is 12.3 Å². The van der Waals surface area contributed by atoms with Crippen molar-refractivity contribution in [2.75, 3.05) is 19.7 Å². The van der Waals surface area contributed by atoms with Crippen LogP contribution in [0.15, 0.2) is 53.2 Å². The first-order chi connectivity index (χ1) is 15.6. The number of nitrogens with zero attached hydrogens (tertiary/aromatic N) is 3. The lowest BCUT2D eigenvalue weighted by atomic mass is 10.0. The normalized spacial score (nSPS) is 14.5. The average Bonchev–Trinajstić information content (AvgIpc) is 2.84. The molecule has 3 rings (SSSR count). The Morgan fingerprint density at radius 3 is 2.70 bits per heavy atom. The number of amides is 1. The van der Waals surface area contributed by atoms with E-state index in [0.29, 0.717) is 40.2 Å². The first kappa shape index (κ1) is 23.9. The van der Waals surface area contributed by atoms with Gasteiger partial charge < -0.3 is 20.0 Å². The molecular formula is C22H22F3N3O5. The molecule has 0 saturated heterocycles. The van der Waals surface area contributed by atoms with Gasteiger partial charge in [0, 0.05) is 31.3 Å². The smallest absolute Gasteiger partial charge is 0.406 e. The van der Waals surface area contributed by atoms with Crippen LogP contribution >= 0.6 is 0 Å². The molecule has 0 fully saturated rings. The van der Waals surface area contributed by atoms with Crippen LogP contribution in [0, 0.1) is 0 Å². The van der Waals surface area contributed by atoms with E-state index in [1.54, 1.807) is 36.4 Å². The fraction of sp³-hybridized carbons (Fsp3) is 0.318. The Morgan fingerprint density at radius 1 is 1.21 bits per heavy atom. The maximum atomic E-state index is 13.0. The molecule has 11 heteroatoms. The highest BCUT2D eigenvalue weighted by Crippen LogP contribution is 2.29. The second kappa shape index (κ2) is 10.2. The van der Waals surface area contributed by atoms with Crippen LogP contribution in [0.5, 0.6) is 5.75 Å². The van der Waals surface area contributed by atoms with Gasteiger partial charge in [-0.3, -0.25) is 14.6 Å². The number of carboxylic acids is 1. The largest absolute Gasteiger partial charge is 0.494 e. The third kappa shape index (κ3) is 6.86. The van der Waals surface area contributed by atoms with Crippen molar-refractivity contribution >= 4 is 18.0 Å². The van der Waals surface area contributed by atoms with Gasteiger partial charge in [-0.1, -0.05) is 12.1 Å². The highest BCUT2D eigenvalue weighted by atomic mass is 19.4. The number of hydrogen-bond donors (Lipinski definition) is 2. The van der Waals surface area contributed by atoms with Crippen LogP contribution in [0.2, 0.25) is 0 Å². The van der Waals surface area contributed by atoms with E-state index in [0.717, 1.165) is 4.73 Å². The zero-order valence-electron chi connectivity index (χ0n) is 17.5. The molecular weight excluding hydrogens is 443 g/mol. The van der Waals surface area contributed by atoms with Crippen molar-refractivity contribution in [3.63, 3.8) is 0 Å². The molecule has 176 valence electrons. The van der Waals surface area contributed by atoms with Crippen LogP contribution in [0.3, 0.4) is 0 Å². The van der Waals surface area contributed by atoms with Gasteiger partial charge in [0.1, 0.15) is 12.3 Å². The molecule has 0 atom stereocenters. The van der Waals surface area contributed by atoms with Gasteiger partial charge in [-0.05, 0) is 41.5 Å². The molecule has 2 N–H and O–H groups in total. The Bertz CT molecular complexity index is 1120. The predicted molar refractivity (Wildman–Crippen MR) is 110 cm³/mol. The molecule has 8 nitrogen and oxygen atoms in total. The van der Waals surface area contributed by atoms with Crippen LogP contribution in [0.1, 0.15) is 24.0 Å². The quantitative estimate of drug-likeness (QED) is 0.461. The van der Waals surface area contributed by atoms with E-state index in [-0.39, 0.29) is 18.7 Å². The van der Waals surface area contributed by atoms with E-state index < -0.39 is 31.0 Å². The zero-order valence-corrected chi connectivity index (χ0v) is 17.5. The van der Waals surface area contributed by atoms with Gasteiger partial charge in [0.05, 0.1) is 13.0 Å². The predicted octanol–water partition coefficient (Wildman–Crippen LogP) is 2.86. The third-order valence-corrected chi connectivity index (χ3v) is 4.74. The lowest BCUT2D eigenvalue weighted by Gasteiger charge is -2.23. The highest BCUT2D eigenvalue weighted by Gasteiger charge is 2.35. The number of carbonyl (C=O) groups is 2. The van der Waals surface area contributed by atoms with Crippen LogP contribution < -0.4 is 10.2 Å². The average molecular weight is 465 g/mol. The molecule has 1 amide bonds. The van der Waals surface area contributed by atoms with Crippen molar-refractivity contribution in [2.24, 2.45) is 4.99 Å². The topological polar surface area (TPSA) is 104 Å². The van der Waals surface area contributed by atoms with Crippen LogP contribution in [0.25, 0.3) is 6.08 Å². The summed E-state index contributed by atoms with van der Waals surface area (Å²) in [5.41, 5.74) is 1.05. The number of hydrogen-bond acceptors (Lipinski definition) is 5. The Labute approximate surface area is 186 Å². The minimum Gasteiger partial charge on any atom is -0.494 e. The third-order valence-electron chi connectivity index (χ3n) is 4.74. The number of carbonyl (C=O) groups excluding carboxylic acids is 1. The van der Waals surface area contributed by atoms with E-state index in [9.17, 15) is 28.0 Å². The summed E-state index contributed by atoms with van der Waals surface area (Å²) in [5.74, 6) is -1.87. The van der Waals surface area contributed by atoms with Crippen molar-refractivity contribution in [1.29, 1.82) is 0 Å². The molecule has 1 aliphatic heterocycles. The maximum Gasteiger partial charge on any atom is 0.406 e. The van der Waals surface area contributed by atoms with Gasteiger partial charge in [0.25, 0.3) is 5.91 Å². The number of rotatable bonds is 8. The Balaban J connectivity index is 1.72. The SMILES string of the molecule is O=C(O)CC1=Cc2ccc(OCCCN=c3ccccn3O)cc2CN(CC(F)(F)F)C1=O. The summed E-state index contributed by atoms with van der Waals surface area (Å²) < 4.78 is 45.6. The molecule has 1 aromatic carbocycles. The number of fused-ring (bicyclic) bond motifs is 1. The van der Waals surface area contributed by atoms with Crippen LogP contribution in [0.4, 0.5) is 13.2 Å². The fourth-order valence-electron chi connectivity index (χ4n) is 3.31. The second-order valence-electron chi connectivity index (χ2n) is 7.36. The van der Waals surface area contributed by atoms with Gasteiger partial charge >= 0.3 is 12.1 Å². The Hall–Kier alpha value is -3.76. The highest BCUT2D eigenvalue weighted by molar-refractivity contribution is 6.02. The summed E-state index contributed by atoms with van der Waals surface area (Å²) in [6, 6.07) is 9.77. The van der Waals surface area contributed by atoms with E-state index in [4.69, 9.17) is 9.84 Å². The van der Waals surface area contributed by atoms with Gasteiger partial charge in [-0.15, -0.1) is 0 Å². The number of pyridine rings is 1. The molecule has 0 aliphatic carbocycles. The van der Waals surface area contributed by atoms with Gasteiger partial charge in [-0.25, -0.2) is 0 Å². The Kier molecular flexibility index (Phi) is 7.41. The number of carboxylic acid groups (broad SMARTS) is 1. The van der Waals surface area contributed by atoms with Crippen molar-refractivity contribution in [2.45, 2.75) is 25.6 Å². The molecule has 0 saturated carbocycles. The van der Waals surface area contributed by atoms with E-state index >= 15 is 0 Å². The summed E-state index contributed by atoms with van der Waals surface area (Å²) in [6.07, 6.45) is -2.02. The number of alkyl halides is 3. The molecule has 1 aliphatic rings. The Morgan fingerprint density at radius 2 is 2.00 bits per heavy atom. The van der Waals surface area contributed by atoms with Crippen molar-refractivity contribution < 1.29 is 37.8 Å². The molecule has 0 radical (unpaired) electrons. The molecule has 2 heterocycles. The van der Waals surface area contributed by atoms with E-state index in [2.05, 4.69) is 4.99 Å². The number of aromatic nitrogens is 1. The molecule has 33 heavy (non-hydrogen) atoms. The first-order valence-corrected chi connectivity index (χ1v) is 10.0. The molecule has 0 unspecified atom stereocenters. The van der Waals surface area contributed by atoms with Crippen molar-refractivity contribution in [3.8, 4) is 5.75 Å². The molecule has 1 aromatic heterocycles. The summed E-state index contributed by atoms with van der Waals surface area (Å²) >= 11 is 0. The number of aliphatic carboxylic acids is 1. The monoisotopic (exact) mass is 465 g/mol. The van der Waals surface area contributed by atoms with Crippen molar-refractivity contribution in [3.05, 3.63) is 64.8 Å². The number of halogens is 3. The minimum absolute atomic E-state index is 0.220.